The predicted octanol–water partition coefficient (Wildman–Crippen LogP) is 3.49. The lowest BCUT2D eigenvalue weighted by Gasteiger charge is -2.18. The van der Waals surface area contributed by atoms with Gasteiger partial charge in [0, 0.05) is 6.04 Å². The Morgan fingerprint density at radius 2 is 2.22 bits per heavy atom. The van der Waals surface area contributed by atoms with E-state index in [9.17, 15) is 0 Å². The fourth-order valence-corrected chi connectivity index (χ4v) is 2.12. The van der Waals surface area contributed by atoms with Gasteiger partial charge in [0.15, 0.2) is 0 Å². The predicted molar refractivity (Wildman–Crippen MR) is 78.3 cm³/mol. The number of rotatable bonds is 8. The van der Waals surface area contributed by atoms with Gasteiger partial charge in [-0.05, 0) is 44.4 Å². The average molecular weight is 247 g/mol. The van der Waals surface area contributed by atoms with Crippen molar-refractivity contribution in [2.45, 2.75) is 39.2 Å². The van der Waals surface area contributed by atoms with Crippen molar-refractivity contribution in [1.82, 2.24) is 5.32 Å². The summed E-state index contributed by atoms with van der Waals surface area (Å²) in [6.45, 7) is 9.19. The van der Waals surface area contributed by atoms with E-state index >= 15 is 0 Å². The van der Waals surface area contributed by atoms with Crippen LogP contribution in [0.2, 0.25) is 0 Å². The van der Waals surface area contributed by atoms with Gasteiger partial charge in [-0.3, -0.25) is 0 Å². The summed E-state index contributed by atoms with van der Waals surface area (Å²) < 4.78 is 5.43. The molecule has 1 atom stereocenters. The Morgan fingerprint density at radius 1 is 1.44 bits per heavy atom. The zero-order valence-electron chi connectivity index (χ0n) is 11.8. The first-order valence-electron chi connectivity index (χ1n) is 6.69. The summed E-state index contributed by atoms with van der Waals surface area (Å²) >= 11 is 0. The second kappa shape index (κ2) is 7.93. The highest BCUT2D eigenvalue weighted by molar-refractivity contribution is 5.37. The van der Waals surface area contributed by atoms with Gasteiger partial charge in [-0.15, -0.1) is 6.58 Å². The molecule has 1 aromatic carbocycles. The quantitative estimate of drug-likeness (QED) is 0.710. The van der Waals surface area contributed by atoms with Gasteiger partial charge in [0.1, 0.15) is 5.75 Å². The zero-order chi connectivity index (χ0) is 13.4. The maximum absolute atomic E-state index is 5.43. The molecule has 2 nitrogen and oxygen atoms in total. The van der Waals surface area contributed by atoms with Crippen molar-refractivity contribution in [2.75, 3.05) is 13.7 Å². The van der Waals surface area contributed by atoms with Crippen LogP contribution in [0.3, 0.4) is 0 Å². The fraction of sp³-hybridized carbons (Fsp3) is 0.500. The van der Waals surface area contributed by atoms with E-state index in [1.807, 2.05) is 6.08 Å². The first kappa shape index (κ1) is 14.8. The SMILES string of the molecule is C=CCC(Cc1cc(C)ccc1OC)NCCC. The van der Waals surface area contributed by atoms with Crippen LogP contribution in [-0.2, 0) is 6.42 Å². The molecule has 0 saturated carbocycles. The van der Waals surface area contributed by atoms with Gasteiger partial charge in [-0.1, -0.05) is 30.7 Å². The standard InChI is InChI=1S/C16H25NO/c1-5-7-15(17-10-6-2)12-14-11-13(3)8-9-16(14)18-4/h5,8-9,11,15,17H,1,6-7,10,12H2,2-4H3. The van der Waals surface area contributed by atoms with E-state index in [4.69, 9.17) is 4.74 Å². The topological polar surface area (TPSA) is 21.3 Å². The highest BCUT2D eigenvalue weighted by Crippen LogP contribution is 2.21. The first-order chi connectivity index (χ1) is 8.71. The number of hydrogen-bond acceptors (Lipinski definition) is 2. The van der Waals surface area contributed by atoms with Crippen LogP contribution in [0.5, 0.6) is 5.75 Å². The summed E-state index contributed by atoms with van der Waals surface area (Å²) in [5.41, 5.74) is 2.55. The van der Waals surface area contributed by atoms with Gasteiger partial charge in [0.2, 0.25) is 0 Å². The molecular weight excluding hydrogens is 222 g/mol. The van der Waals surface area contributed by atoms with E-state index in [1.165, 1.54) is 11.1 Å². The molecule has 0 amide bonds. The molecular formula is C16H25NO. The number of benzene rings is 1. The Hall–Kier alpha value is -1.28. The van der Waals surface area contributed by atoms with Crippen LogP contribution in [0, 0.1) is 6.92 Å². The lowest BCUT2D eigenvalue weighted by atomic mass is 10.0. The fourth-order valence-electron chi connectivity index (χ4n) is 2.12. The highest BCUT2D eigenvalue weighted by Gasteiger charge is 2.11. The van der Waals surface area contributed by atoms with Crippen molar-refractivity contribution >= 4 is 0 Å². The minimum atomic E-state index is 0.443. The molecule has 2 heteroatoms. The van der Waals surface area contributed by atoms with Crippen molar-refractivity contribution in [2.24, 2.45) is 0 Å². The van der Waals surface area contributed by atoms with Crippen LogP contribution in [0.15, 0.2) is 30.9 Å². The molecule has 1 aromatic rings. The van der Waals surface area contributed by atoms with Gasteiger partial charge >= 0.3 is 0 Å². The molecule has 0 aromatic heterocycles. The lowest BCUT2D eigenvalue weighted by molar-refractivity contribution is 0.404. The molecule has 0 saturated heterocycles. The zero-order valence-corrected chi connectivity index (χ0v) is 11.8. The molecule has 0 aliphatic carbocycles. The van der Waals surface area contributed by atoms with Crippen LogP contribution < -0.4 is 10.1 Å². The molecule has 1 unspecified atom stereocenters. The van der Waals surface area contributed by atoms with Crippen LogP contribution in [-0.4, -0.2) is 19.7 Å². The Bertz CT molecular complexity index is 373. The summed E-state index contributed by atoms with van der Waals surface area (Å²) in [5, 5.41) is 3.56. The Kier molecular flexibility index (Phi) is 6.51. The summed E-state index contributed by atoms with van der Waals surface area (Å²) in [7, 11) is 1.73. The van der Waals surface area contributed by atoms with E-state index in [0.717, 1.165) is 31.6 Å². The van der Waals surface area contributed by atoms with E-state index in [1.54, 1.807) is 7.11 Å². The molecule has 0 heterocycles. The molecule has 0 fully saturated rings. The molecule has 1 rings (SSSR count). The maximum atomic E-state index is 5.43. The van der Waals surface area contributed by atoms with Crippen molar-refractivity contribution in [3.05, 3.63) is 42.0 Å². The number of nitrogens with one attached hydrogen (secondary N) is 1. The van der Waals surface area contributed by atoms with Crippen LogP contribution in [0.1, 0.15) is 30.9 Å². The summed E-state index contributed by atoms with van der Waals surface area (Å²) in [6, 6.07) is 6.79. The number of hydrogen-bond donors (Lipinski definition) is 1. The van der Waals surface area contributed by atoms with Gasteiger partial charge in [0.05, 0.1) is 7.11 Å². The highest BCUT2D eigenvalue weighted by atomic mass is 16.5. The van der Waals surface area contributed by atoms with Gasteiger partial charge < -0.3 is 10.1 Å². The van der Waals surface area contributed by atoms with Gasteiger partial charge in [-0.25, -0.2) is 0 Å². The summed E-state index contributed by atoms with van der Waals surface area (Å²) in [6.07, 6.45) is 5.10. The summed E-state index contributed by atoms with van der Waals surface area (Å²) in [5.74, 6) is 0.980. The molecule has 1 N–H and O–H groups in total. The smallest absolute Gasteiger partial charge is 0.122 e. The van der Waals surface area contributed by atoms with Crippen LogP contribution >= 0.6 is 0 Å². The third kappa shape index (κ3) is 4.53. The second-order valence-electron chi connectivity index (χ2n) is 4.69. The molecule has 0 aliphatic heterocycles. The molecule has 0 bridgehead atoms. The third-order valence-corrected chi connectivity index (χ3v) is 3.04. The molecule has 18 heavy (non-hydrogen) atoms. The second-order valence-corrected chi connectivity index (χ2v) is 4.69. The monoisotopic (exact) mass is 247 g/mol. The minimum absolute atomic E-state index is 0.443. The molecule has 0 spiro atoms. The minimum Gasteiger partial charge on any atom is -0.496 e. The van der Waals surface area contributed by atoms with E-state index in [2.05, 4.69) is 43.9 Å². The van der Waals surface area contributed by atoms with Crippen molar-refractivity contribution < 1.29 is 4.74 Å². The van der Waals surface area contributed by atoms with E-state index in [0.29, 0.717) is 6.04 Å². The van der Waals surface area contributed by atoms with Crippen molar-refractivity contribution in [3.63, 3.8) is 0 Å². The van der Waals surface area contributed by atoms with Crippen LogP contribution in [0.25, 0.3) is 0 Å². The Balaban J connectivity index is 2.77. The third-order valence-electron chi connectivity index (χ3n) is 3.04. The maximum Gasteiger partial charge on any atom is 0.122 e. The number of aryl methyl sites for hydroxylation is 1. The summed E-state index contributed by atoms with van der Waals surface area (Å²) in [4.78, 5) is 0. The Morgan fingerprint density at radius 3 is 2.83 bits per heavy atom. The van der Waals surface area contributed by atoms with Gasteiger partial charge in [0.25, 0.3) is 0 Å². The van der Waals surface area contributed by atoms with Crippen LogP contribution in [0.4, 0.5) is 0 Å². The van der Waals surface area contributed by atoms with E-state index < -0.39 is 0 Å². The largest absolute Gasteiger partial charge is 0.496 e. The lowest BCUT2D eigenvalue weighted by Crippen LogP contribution is -2.31. The van der Waals surface area contributed by atoms with Crippen molar-refractivity contribution in [1.29, 1.82) is 0 Å². The first-order valence-corrected chi connectivity index (χ1v) is 6.69. The molecule has 0 aliphatic rings. The Labute approximate surface area is 111 Å². The number of ether oxygens (including phenoxy) is 1. The number of methoxy groups -OCH3 is 1. The van der Waals surface area contributed by atoms with E-state index in [-0.39, 0.29) is 0 Å². The van der Waals surface area contributed by atoms with Gasteiger partial charge in [-0.2, -0.15) is 0 Å². The van der Waals surface area contributed by atoms with Crippen molar-refractivity contribution in [3.8, 4) is 5.75 Å². The molecule has 0 radical (unpaired) electrons. The normalized spacial score (nSPS) is 12.2. The average Bonchev–Trinajstić information content (AvgIpc) is 2.36. The molecule has 100 valence electrons.